The molecule has 2 aromatic rings. The normalized spacial score (nSPS) is 10.9. The molecule has 0 aliphatic rings. The molecule has 2 rings (SSSR count). The Morgan fingerprint density at radius 2 is 1.04 bits per heavy atom. The van der Waals surface area contributed by atoms with Gasteiger partial charge in [0.15, 0.2) is 11.0 Å². The lowest BCUT2D eigenvalue weighted by molar-refractivity contribution is -0.137. The molecule has 4 nitrogen and oxygen atoms in total. The van der Waals surface area contributed by atoms with Gasteiger partial charge in [0.25, 0.3) is 0 Å². The van der Waals surface area contributed by atoms with Gasteiger partial charge < -0.3 is 4.74 Å². The van der Waals surface area contributed by atoms with Gasteiger partial charge in [0.2, 0.25) is 0 Å². The lowest BCUT2D eigenvalue weighted by Crippen LogP contribution is -2.18. The summed E-state index contributed by atoms with van der Waals surface area (Å²) >= 11 is 0. The van der Waals surface area contributed by atoms with Gasteiger partial charge in [0.05, 0.1) is 21.2 Å². The fourth-order valence-electron chi connectivity index (χ4n) is 3.73. The van der Waals surface area contributed by atoms with E-state index in [9.17, 15) is 14.4 Å². The van der Waals surface area contributed by atoms with E-state index in [2.05, 4.69) is 0 Å². The molecule has 0 amide bonds. The van der Waals surface area contributed by atoms with Crippen LogP contribution in [0.3, 0.4) is 0 Å². The van der Waals surface area contributed by atoms with E-state index >= 15 is 0 Å². The van der Waals surface area contributed by atoms with Crippen molar-refractivity contribution in [1.29, 1.82) is 0 Å². The lowest BCUT2D eigenvalue weighted by atomic mass is 10.0. The van der Waals surface area contributed by atoms with Crippen molar-refractivity contribution >= 4 is 24.9 Å². The SMILES string of the molecule is COC(=O)CP(C(=O)c1c(C)cc(C)cc1C)C(=O)c1c(C)cc(C)cc1C. The number of aryl methyl sites for hydroxylation is 6. The van der Waals surface area contributed by atoms with Crippen LogP contribution in [0.2, 0.25) is 0 Å². The molecule has 28 heavy (non-hydrogen) atoms. The average molecular weight is 398 g/mol. The topological polar surface area (TPSA) is 60.4 Å². The second-order valence-electron chi connectivity index (χ2n) is 7.32. The van der Waals surface area contributed by atoms with E-state index in [0.29, 0.717) is 11.1 Å². The van der Waals surface area contributed by atoms with Crippen LogP contribution in [0.15, 0.2) is 24.3 Å². The fourth-order valence-corrected chi connectivity index (χ4v) is 5.84. The van der Waals surface area contributed by atoms with Crippen LogP contribution in [0, 0.1) is 41.5 Å². The predicted octanol–water partition coefficient (Wildman–Crippen LogP) is 5.17. The maximum Gasteiger partial charge on any atom is 0.310 e. The second-order valence-corrected chi connectivity index (χ2v) is 9.30. The maximum atomic E-state index is 13.5. The molecule has 148 valence electrons. The molecule has 0 bridgehead atoms. The van der Waals surface area contributed by atoms with E-state index in [1.165, 1.54) is 7.11 Å². The minimum atomic E-state index is -1.92. The van der Waals surface area contributed by atoms with Crippen molar-refractivity contribution in [3.63, 3.8) is 0 Å². The molecule has 0 unspecified atom stereocenters. The number of rotatable bonds is 6. The number of carbonyl (C=O) groups is 3. The van der Waals surface area contributed by atoms with Gasteiger partial charge >= 0.3 is 5.97 Å². The summed E-state index contributed by atoms with van der Waals surface area (Å²) in [5.41, 5.74) is 5.96. The first kappa shape index (κ1) is 22.0. The first-order valence-corrected chi connectivity index (χ1v) is 10.7. The molecule has 0 radical (unpaired) electrons. The monoisotopic (exact) mass is 398 g/mol. The summed E-state index contributed by atoms with van der Waals surface area (Å²) in [6.45, 7) is 11.4. The minimum absolute atomic E-state index is 0.205. The number of hydrogen-bond donors (Lipinski definition) is 0. The van der Waals surface area contributed by atoms with Gasteiger partial charge in [-0.1, -0.05) is 35.4 Å². The molecular formula is C23H27O4P. The highest BCUT2D eigenvalue weighted by Gasteiger charge is 2.34. The van der Waals surface area contributed by atoms with Crippen LogP contribution in [0.1, 0.15) is 54.1 Å². The van der Waals surface area contributed by atoms with E-state index in [4.69, 9.17) is 4.74 Å². The van der Waals surface area contributed by atoms with Crippen LogP contribution in [-0.4, -0.2) is 30.3 Å². The predicted molar refractivity (Wildman–Crippen MR) is 114 cm³/mol. The molecule has 5 heteroatoms. The zero-order valence-electron chi connectivity index (χ0n) is 17.6. The van der Waals surface area contributed by atoms with Crippen LogP contribution in [0.5, 0.6) is 0 Å². The van der Waals surface area contributed by atoms with Gasteiger partial charge in [-0.25, -0.2) is 0 Å². The number of benzene rings is 2. The molecule has 0 spiro atoms. The first-order chi connectivity index (χ1) is 13.1. The number of carbonyl (C=O) groups excluding carboxylic acids is 3. The Morgan fingerprint density at radius 3 is 1.32 bits per heavy atom. The van der Waals surface area contributed by atoms with Gasteiger partial charge in [0.1, 0.15) is 0 Å². The molecule has 0 heterocycles. The summed E-state index contributed by atoms with van der Waals surface area (Å²) in [5.74, 6) is -0.544. The van der Waals surface area contributed by atoms with Crippen LogP contribution < -0.4 is 0 Å². The molecule has 0 fully saturated rings. The van der Waals surface area contributed by atoms with E-state index < -0.39 is 13.9 Å². The summed E-state index contributed by atoms with van der Waals surface area (Å²) in [6.07, 6.45) is -0.205. The molecule has 0 atom stereocenters. The second kappa shape index (κ2) is 8.79. The smallest absolute Gasteiger partial charge is 0.310 e. The standard InChI is InChI=1S/C23H27O4P/c1-13-8-15(3)20(16(4)9-13)22(25)28(12-19(24)27-7)23(26)21-17(5)10-14(2)11-18(21)6/h8-11H,12H2,1-7H3. The van der Waals surface area contributed by atoms with Gasteiger partial charge in [-0.2, -0.15) is 0 Å². The molecule has 0 saturated carbocycles. The quantitative estimate of drug-likeness (QED) is 0.497. The van der Waals surface area contributed by atoms with Crippen LogP contribution in [-0.2, 0) is 9.53 Å². The summed E-state index contributed by atoms with van der Waals surface area (Å²) in [5, 5.41) is 0. The zero-order chi connectivity index (χ0) is 21.2. The van der Waals surface area contributed by atoms with Crippen LogP contribution >= 0.6 is 7.92 Å². The number of ether oxygens (including phenoxy) is 1. The van der Waals surface area contributed by atoms with Gasteiger partial charge in [-0.15, -0.1) is 0 Å². The van der Waals surface area contributed by atoms with Gasteiger partial charge in [0, 0.05) is 11.1 Å². The van der Waals surface area contributed by atoms with Crippen LogP contribution in [0.25, 0.3) is 0 Å². The van der Waals surface area contributed by atoms with Crippen molar-refractivity contribution in [3.8, 4) is 0 Å². The van der Waals surface area contributed by atoms with E-state index in [0.717, 1.165) is 33.4 Å². The number of methoxy groups -OCH3 is 1. The zero-order valence-corrected chi connectivity index (χ0v) is 18.5. The molecule has 0 aromatic heterocycles. The average Bonchev–Trinajstić information content (AvgIpc) is 2.57. The third-order valence-electron chi connectivity index (χ3n) is 4.79. The molecular weight excluding hydrogens is 371 g/mol. The molecule has 0 aliphatic carbocycles. The summed E-state index contributed by atoms with van der Waals surface area (Å²) in [6, 6.07) is 7.72. The Kier molecular flexibility index (Phi) is 6.90. The number of esters is 1. The van der Waals surface area contributed by atoms with Crippen molar-refractivity contribution in [1.82, 2.24) is 0 Å². The summed E-state index contributed by atoms with van der Waals surface area (Å²) in [7, 11) is -0.644. The highest BCUT2D eigenvalue weighted by Crippen LogP contribution is 2.45. The van der Waals surface area contributed by atoms with E-state index in [-0.39, 0.29) is 17.2 Å². The van der Waals surface area contributed by atoms with Crippen molar-refractivity contribution in [2.45, 2.75) is 41.5 Å². The van der Waals surface area contributed by atoms with Crippen LogP contribution in [0.4, 0.5) is 0 Å². The minimum Gasteiger partial charge on any atom is -0.469 e. The van der Waals surface area contributed by atoms with Crippen molar-refractivity contribution in [2.24, 2.45) is 0 Å². The fraction of sp³-hybridized carbons (Fsp3) is 0.348. The third kappa shape index (κ3) is 4.56. The summed E-state index contributed by atoms with van der Waals surface area (Å²) < 4.78 is 4.78. The molecule has 0 saturated heterocycles. The van der Waals surface area contributed by atoms with E-state index in [1.54, 1.807) is 0 Å². The first-order valence-electron chi connectivity index (χ1n) is 9.15. The van der Waals surface area contributed by atoms with E-state index in [1.807, 2.05) is 65.8 Å². The molecule has 2 aromatic carbocycles. The van der Waals surface area contributed by atoms with Crippen molar-refractivity contribution < 1.29 is 19.1 Å². The summed E-state index contributed by atoms with van der Waals surface area (Å²) in [4.78, 5) is 38.9. The lowest BCUT2D eigenvalue weighted by Gasteiger charge is -2.20. The Hall–Kier alpha value is -2.32. The Bertz CT molecular complexity index is 844. The highest BCUT2D eigenvalue weighted by molar-refractivity contribution is 7.90. The molecule has 0 aliphatic heterocycles. The Labute approximate surface area is 168 Å². The maximum absolute atomic E-state index is 13.5. The number of hydrogen-bond acceptors (Lipinski definition) is 4. The van der Waals surface area contributed by atoms with Gasteiger partial charge in [-0.05, 0) is 63.8 Å². The largest absolute Gasteiger partial charge is 0.469 e. The molecule has 0 N–H and O–H groups in total. The van der Waals surface area contributed by atoms with Gasteiger partial charge in [-0.3, -0.25) is 14.4 Å². The van der Waals surface area contributed by atoms with Crippen molar-refractivity contribution in [2.75, 3.05) is 13.3 Å². The van der Waals surface area contributed by atoms with Crippen molar-refractivity contribution in [3.05, 3.63) is 68.8 Å². The Morgan fingerprint density at radius 1 is 0.714 bits per heavy atom. The third-order valence-corrected chi connectivity index (χ3v) is 6.79. The Balaban J connectivity index is 2.59. The highest BCUT2D eigenvalue weighted by atomic mass is 31.1.